The summed E-state index contributed by atoms with van der Waals surface area (Å²) in [4.78, 5) is 0. The largest absolute Gasteiger partial charge is 0.448 e. The minimum Gasteiger partial charge on any atom is -0.448 e. The molecule has 0 spiro atoms. The maximum absolute atomic E-state index is 10.5. The van der Waals surface area contributed by atoms with E-state index in [1.165, 1.54) is 25.4 Å². The van der Waals surface area contributed by atoms with Gasteiger partial charge in [-0.25, -0.2) is 4.31 Å². The van der Waals surface area contributed by atoms with Crippen molar-refractivity contribution < 1.29 is 17.4 Å². The molecule has 62 valence electrons. The van der Waals surface area contributed by atoms with Crippen molar-refractivity contribution in [1.29, 1.82) is 0 Å². The van der Waals surface area contributed by atoms with Crippen molar-refractivity contribution in [3.05, 3.63) is 18.4 Å². The van der Waals surface area contributed by atoms with Gasteiger partial charge in [-0.2, -0.15) is 8.42 Å². The molecule has 0 aromatic carbocycles. The second-order valence-electron chi connectivity index (χ2n) is 1.90. The summed E-state index contributed by atoms with van der Waals surface area (Å²) in [6.07, 6.45) is 1.32. The molecule has 5 nitrogen and oxygen atoms in total. The maximum Gasteiger partial charge on any atom is 0.362 e. The second-order valence-corrected chi connectivity index (χ2v) is 3.34. The molecule has 11 heavy (non-hydrogen) atoms. The average Bonchev–Trinajstić information content (AvgIpc) is 2.34. The molecule has 1 aromatic heterocycles. The highest BCUT2D eigenvalue weighted by Crippen LogP contribution is 2.14. The number of furan rings is 1. The lowest BCUT2D eigenvalue weighted by molar-refractivity contribution is 0.474. The summed E-state index contributed by atoms with van der Waals surface area (Å²) >= 11 is 0. The van der Waals surface area contributed by atoms with Crippen LogP contribution in [0.1, 0.15) is 0 Å². The van der Waals surface area contributed by atoms with Gasteiger partial charge in [-0.05, 0) is 6.07 Å². The normalized spacial score (nSPS) is 11.5. The molecule has 0 bridgehead atoms. The van der Waals surface area contributed by atoms with E-state index in [1.54, 1.807) is 0 Å². The topological polar surface area (TPSA) is 70.8 Å². The summed E-state index contributed by atoms with van der Waals surface area (Å²) in [6, 6.07) is 2.95. The monoisotopic (exact) mass is 177 g/mol. The molecule has 0 aliphatic carbocycles. The zero-order valence-corrected chi connectivity index (χ0v) is 6.58. The Hall–Kier alpha value is -1.01. The van der Waals surface area contributed by atoms with Gasteiger partial charge in [-0.15, -0.1) is 0 Å². The molecule has 1 heterocycles. The average molecular weight is 177 g/mol. The van der Waals surface area contributed by atoms with Gasteiger partial charge in [0.25, 0.3) is 0 Å². The van der Waals surface area contributed by atoms with Crippen molar-refractivity contribution in [2.24, 2.45) is 0 Å². The van der Waals surface area contributed by atoms with Gasteiger partial charge in [-0.1, -0.05) is 0 Å². The van der Waals surface area contributed by atoms with Crippen LogP contribution in [0, 0.1) is 0 Å². The van der Waals surface area contributed by atoms with Crippen LogP contribution >= 0.6 is 0 Å². The summed E-state index contributed by atoms with van der Waals surface area (Å²) in [6.45, 7) is 0. The Balaban J connectivity index is 2.97. The molecule has 1 N–H and O–H groups in total. The van der Waals surface area contributed by atoms with Crippen LogP contribution in [0.25, 0.3) is 0 Å². The molecule has 0 aliphatic heterocycles. The maximum atomic E-state index is 10.5. The van der Waals surface area contributed by atoms with Crippen LogP contribution in [-0.4, -0.2) is 20.0 Å². The molecule has 0 fully saturated rings. The summed E-state index contributed by atoms with van der Waals surface area (Å²) in [7, 11) is -3.00. The highest BCUT2D eigenvalue weighted by atomic mass is 32.2. The van der Waals surface area contributed by atoms with E-state index in [-0.39, 0.29) is 5.88 Å². The van der Waals surface area contributed by atoms with Crippen molar-refractivity contribution in [2.75, 3.05) is 11.4 Å². The van der Waals surface area contributed by atoms with Gasteiger partial charge in [0, 0.05) is 13.1 Å². The zero-order chi connectivity index (χ0) is 8.48. The van der Waals surface area contributed by atoms with E-state index in [2.05, 4.69) is 0 Å². The molecular weight excluding hydrogens is 170 g/mol. The minimum absolute atomic E-state index is 0.0764. The highest BCUT2D eigenvalue weighted by molar-refractivity contribution is 7.87. The number of hydrogen-bond acceptors (Lipinski definition) is 3. The van der Waals surface area contributed by atoms with Crippen molar-refractivity contribution in [2.45, 2.75) is 0 Å². The molecule has 0 amide bonds. The summed E-state index contributed by atoms with van der Waals surface area (Å²) in [5.41, 5.74) is 0. The fourth-order valence-electron chi connectivity index (χ4n) is 0.563. The predicted octanol–water partition coefficient (Wildman–Crippen LogP) is 0.519. The number of nitrogens with zero attached hydrogens (tertiary/aromatic N) is 1. The van der Waals surface area contributed by atoms with Gasteiger partial charge in [0.15, 0.2) is 0 Å². The lowest BCUT2D eigenvalue weighted by Gasteiger charge is -2.09. The van der Waals surface area contributed by atoms with Crippen LogP contribution in [0.3, 0.4) is 0 Å². The van der Waals surface area contributed by atoms with Crippen molar-refractivity contribution >= 4 is 16.2 Å². The number of rotatable bonds is 2. The van der Waals surface area contributed by atoms with Gasteiger partial charge in [0.05, 0.1) is 6.26 Å². The standard InChI is InChI=1S/C5H7NO4S/c1-6(11(7,8)9)5-3-2-4-10-5/h2-4H,1H3,(H,7,8,9). The van der Waals surface area contributed by atoms with Crippen molar-refractivity contribution in [3.63, 3.8) is 0 Å². The Bertz CT molecular complexity index is 314. The molecular formula is C5H7NO4S. The molecule has 1 rings (SSSR count). The summed E-state index contributed by atoms with van der Waals surface area (Å²) < 4.78 is 34.7. The molecule has 0 saturated carbocycles. The molecule has 6 heteroatoms. The van der Waals surface area contributed by atoms with E-state index in [9.17, 15) is 8.42 Å². The molecule has 0 aliphatic rings. The van der Waals surface area contributed by atoms with E-state index >= 15 is 0 Å². The Labute approximate surface area is 64.1 Å². The molecule has 1 aromatic rings. The number of anilines is 1. The third-order valence-corrected chi connectivity index (χ3v) is 2.03. The van der Waals surface area contributed by atoms with Gasteiger partial charge in [0.2, 0.25) is 5.88 Å². The van der Waals surface area contributed by atoms with Gasteiger partial charge >= 0.3 is 10.3 Å². The van der Waals surface area contributed by atoms with Crippen molar-refractivity contribution in [3.8, 4) is 0 Å². The van der Waals surface area contributed by atoms with E-state index in [4.69, 9.17) is 8.97 Å². The minimum atomic E-state index is -4.19. The fraction of sp³-hybridized carbons (Fsp3) is 0.200. The van der Waals surface area contributed by atoms with Crippen LogP contribution < -0.4 is 4.31 Å². The molecule has 0 atom stereocenters. The first kappa shape index (κ1) is 8.09. The van der Waals surface area contributed by atoms with Crippen LogP contribution in [0.5, 0.6) is 0 Å². The Morgan fingerprint density at radius 1 is 1.64 bits per heavy atom. The summed E-state index contributed by atoms with van der Waals surface area (Å²) in [5.74, 6) is 0.0764. The van der Waals surface area contributed by atoms with Crippen LogP contribution in [-0.2, 0) is 10.3 Å². The lowest BCUT2D eigenvalue weighted by atomic mass is 10.6. The van der Waals surface area contributed by atoms with E-state index < -0.39 is 10.3 Å². The molecule has 0 radical (unpaired) electrons. The van der Waals surface area contributed by atoms with Gasteiger partial charge in [0.1, 0.15) is 0 Å². The first-order valence-corrected chi connectivity index (χ1v) is 4.16. The molecule has 0 saturated heterocycles. The Kier molecular flexibility index (Phi) is 1.88. The van der Waals surface area contributed by atoms with Gasteiger partial charge in [-0.3, -0.25) is 4.55 Å². The highest BCUT2D eigenvalue weighted by Gasteiger charge is 2.15. The quantitative estimate of drug-likeness (QED) is 0.668. The van der Waals surface area contributed by atoms with E-state index in [0.29, 0.717) is 4.31 Å². The zero-order valence-electron chi connectivity index (χ0n) is 5.76. The third kappa shape index (κ3) is 1.72. The van der Waals surface area contributed by atoms with E-state index in [1.807, 2.05) is 0 Å². The smallest absolute Gasteiger partial charge is 0.362 e. The predicted molar refractivity (Wildman–Crippen MR) is 38.7 cm³/mol. The molecule has 0 unspecified atom stereocenters. The third-order valence-electron chi connectivity index (χ3n) is 1.16. The SMILES string of the molecule is CN(c1ccco1)S(=O)(=O)O. The first-order valence-electron chi connectivity index (χ1n) is 2.76. The van der Waals surface area contributed by atoms with Crippen LogP contribution in [0.2, 0.25) is 0 Å². The number of hydrogen-bond donors (Lipinski definition) is 1. The lowest BCUT2D eigenvalue weighted by Crippen LogP contribution is -2.24. The van der Waals surface area contributed by atoms with Crippen molar-refractivity contribution in [1.82, 2.24) is 0 Å². The first-order chi connectivity index (χ1) is 5.02. The summed E-state index contributed by atoms with van der Waals surface area (Å²) in [5, 5.41) is 0. The Morgan fingerprint density at radius 2 is 2.27 bits per heavy atom. The fourth-order valence-corrected chi connectivity index (χ4v) is 0.894. The Morgan fingerprint density at radius 3 is 2.64 bits per heavy atom. The van der Waals surface area contributed by atoms with Gasteiger partial charge < -0.3 is 4.42 Å². The van der Waals surface area contributed by atoms with Crippen LogP contribution in [0.4, 0.5) is 5.88 Å². The van der Waals surface area contributed by atoms with E-state index in [0.717, 1.165) is 0 Å². The van der Waals surface area contributed by atoms with Crippen LogP contribution in [0.15, 0.2) is 22.8 Å². The second kappa shape index (κ2) is 2.55.